The molecule has 1 rings (SSSR count). The van der Waals surface area contributed by atoms with E-state index >= 15 is 0 Å². The molecular weight excluding hydrogens is 316 g/mol. The molecule has 0 amide bonds. The van der Waals surface area contributed by atoms with Crippen molar-refractivity contribution >= 4 is 40.2 Å². The van der Waals surface area contributed by atoms with Crippen LogP contribution in [0.2, 0.25) is 19.6 Å². The zero-order valence-corrected chi connectivity index (χ0v) is 12.2. The summed E-state index contributed by atoms with van der Waals surface area (Å²) in [6.07, 6.45) is 2.49. The molecule has 0 radical (unpaired) electrons. The fourth-order valence-electron chi connectivity index (χ4n) is 0.894. The summed E-state index contributed by atoms with van der Waals surface area (Å²) in [4.78, 5) is 0. The predicted molar refractivity (Wildman–Crippen MR) is 63.9 cm³/mol. The number of epoxide rings is 1. The molecule has 0 N–H and O–H groups in total. The molecule has 1 fully saturated rings. The Hall–Kier alpha value is 0.837. The Kier molecular flexibility index (Phi) is 4.19. The fourth-order valence-corrected chi connectivity index (χ4v) is 2.08. The number of halogens is 2. The van der Waals surface area contributed by atoms with E-state index in [1.807, 2.05) is 6.08 Å². The molecule has 76 valence electrons. The molecule has 0 unspecified atom stereocenters. The van der Waals surface area contributed by atoms with Crippen molar-refractivity contribution < 1.29 is 9.16 Å². The Morgan fingerprint density at radius 2 is 2.08 bits per heavy atom. The SMILES string of the molecule is C[Si](C)(C)OC[C@H]1O[C@H]1C=C(Br)Br. The Bertz CT molecular complexity index is 209. The third kappa shape index (κ3) is 5.32. The van der Waals surface area contributed by atoms with Crippen LogP contribution in [0, 0.1) is 0 Å². The highest BCUT2D eigenvalue weighted by molar-refractivity contribution is 9.28. The van der Waals surface area contributed by atoms with Crippen molar-refractivity contribution in [3.8, 4) is 0 Å². The average molecular weight is 330 g/mol. The molecule has 0 aromatic rings. The smallest absolute Gasteiger partial charge is 0.183 e. The minimum Gasteiger partial charge on any atom is -0.415 e. The number of hydrogen-bond acceptors (Lipinski definition) is 2. The van der Waals surface area contributed by atoms with Crippen molar-refractivity contribution in [1.29, 1.82) is 0 Å². The summed E-state index contributed by atoms with van der Waals surface area (Å²) in [6.45, 7) is 7.27. The molecule has 0 aromatic heterocycles. The summed E-state index contributed by atoms with van der Waals surface area (Å²) in [7, 11) is -1.37. The van der Waals surface area contributed by atoms with Crippen molar-refractivity contribution in [2.45, 2.75) is 31.8 Å². The maximum atomic E-state index is 5.72. The van der Waals surface area contributed by atoms with Crippen LogP contribution in [0.25, 0.3) is 0 Å². The van der Waals surface area contributed by atoms with Gasteiger partial charge < -0.3 is 9.16 Å². The van der Waals surface area contributed by atoms with Gasteiger partial charge in [-0.15, -0.1) is 0 Å². The van der Waals surface area contributed by atoms with E-state index in [4.69, 9.17) is 9.16 Å². The van der Waals surface area contributed by atoms with Gasteiger partial charge >= 0.3 is 0 Å². The van der Waals surface area contributed by atoms with Crippen LogP contribution in [0.4, 0.5) is 0 Å². The lowest BCUT2D eigenvalue weighted by Gasteiger charge is -2.15. The maximum Gasteiger partial charge on any atom is 0.183 e. The van der Waals surface area contributed by atoms with Crippen molar-refractivity contribution in [3.63, 3.8) is 0 Å². The molecule has 1 heterocycles. The lowest BCUT2D eigenvalue weighted by atomic mass is 10.3. The molecule has 1 saturated heterocycles. The zero-order chi connectivity index (χ0) is 10.1. The first-order chi connectivity index (χ1) is 5.88. The van der Waals surface area contributed by atoms with Crippen LogP contribution in [0.3, 0.4) is 0 Å². The highest BCUT2D eigenvalue weighted by Crippen LogP contribution is 2.28. The Morgan fingerprint density at radius 1 is 1.46 bits per heavy atom. The lowest BCUT2D eigenvalue weighted by molar-refractivity contribution is 0.256. The van der Waals surface area contributed by atoms with E-state index in [-0.39, 0.29) is 12.2 Å². The van der Waals surface area contributed by atoms with E-state index < -0.39 is 8.32 Å². The van der Waals surface area contributed by atoms with Gasteiger partial charge in [-0.2, -0.15) is 0 Å². The largest absolute Gasteiger partial charge is 0.415 e. The van der Waals surface area contributed by atoms with Gasteiger partial charge in [0.1, 0.15) is 12.2 Å². The van der Waals surface area contributed by atoms with Gasteiger partial charge in [0.05, 0.1) is 10.00 Å². The molecule has 1 aliphatic heterocycles. The molecule has 13 heavy (non-hydrogen) atoms. The summed E-state index contributed by atoms with van der Waals surface area (Å²) in [5.74, 6) is 0. The van der Waals surface area contributed by atoms with Crippen molar-refractivity contribution in [2.75, 3.05) is 6.61 Å². The topological polar surface area (TPSA) is 21.8 Å². The van der Waals surface area contributed by atoms with Crippen LogP contribution in [0.5, 0.6) is 0 Å². The molecule has 2 atom stereocenters. The van der Waals surface area contributed by atoms with Gasteiger partial charge in [0.25, 0.3) is 0 Å². The Morgan fingerprint density at radius 3 is 2.54 bits per heavy atom. The molecule has 2 nitrogen and oxygen atoms in total. The van der Waals surface area contributed by atoms with E-state index in [1.165, 1.54) is 0 Å². The second-order valence-electron chi connectivity index (χ2n) is 4.02. The number of ether oxygens (including phenoxy) is 1. The van der Waals surface area contributed by atoms with E-state index in [1.54, 1.807) is 0 Å². The summed E-state index contributed by atoms with van der Waals surface area (Å²) in [5.41, 5.74) is 0. The van der Waals surface area contributed by atoms with Gasteiger partial charge in [0, 0.05) is 0 Å². The first-order valence-electron chi connectivity index (χ1n) is 4.21. The molecule has 0 aliphatic carbocycles. The molecule has 0 bridgehead atoms. The van der Waals surface area contributed by atoms with Crippen molar-refractivity contribution in [3.05, 3.63) is 9.47 Å². The molecule has 0 spiro atoms. The second kappa shape index (κ2) is 4.57. The summed E-state index contributed by atoms with van der Waals surface area (Å²) >= 11 is 6.60. The summed E-state index contributed by atoms with van der Waals surface area (Å²) in [6, 6.07) is 0. The summed E-state index contributed by atoms with van der Waals surface area (Å²) in [5, 5.41) is 0. The molecule has 5 heteroatoms. The van der Waals surface area contributed by atoms with Crippen molar-refractivity contribution in [2.24, 2.45) is 0 Å². The van der Waals surface area contributed by atoms with Crippen LogP contribution in [0.15, 0.2) is 9.47 Å². The second-order valence-corrected chi connectivity index (χ2v) is 11.3. The number of hydrogen-bond donors (Lipinski definition) is 0. The molecule has 0 aromatic carbocycles. The van der Waals surface area contributed by atoms with Crippen LogP contribution in [-0.4, -0.2) is 27.1 Å². The van der Waals surface area contributed by atoms with Crippen molar-refractivity contribution in [1.82, 2.24) is 0 Å². The van der Waals surface area contributed by atoms with Gasteiger partial charge in [0.2, 0.25) is 0 Å². The normalized spacial score (nSPS) is 27.2. The van der Waals surface area contributed by atoms with E-state index in [0.29, 0.717) is 0 Å². The van der Waals surface area contributed by atoms with Gasteiger partial charge in [-0.25, -0.2) is 0 Å². The van der Waals surface area contributed by atoms with Crippen LogP contribution >= 0.6 is 31.9 Å². The molecule has 0 saturated carbocycles. The zero-order valence-electron chi connectivity index (χ0n) is 8.01. The van der Waals surface area contributed by atoms with Gasteiger partial charge in [0.15, 0.2) is 8.32 Å². The highest BCUT2D eigenvalue weighted by Gasteiger charge is 2.38. The Labute approximate surface area is 97.1 Å². The van der Waals surface area contributed by atoms with E-state index in [2.05, 4.69) is 51.5 Å². The quantitative estimate of drug-likeness (QED) is 0.583. The van der Waals surface area contributed by atoms with Gasteiger partial charge in [-0.05, 0) is 57.6 Å². The third-order valence-electron chi connectivity index (χ3n) is 1.59. The first-order valence-corrected chi connectivity index (χ1v) is 9.20. The first kappa shape index (κ1) is 11.9. The van der Waals surface area contributed by atoms with Crippen LogP contribution in [-0.2, 0) is 9.16 Å². The van der Waals surface area contributed by atoms with E-state index in [9.17, 15) is 0 Å². The summed E-state index contributed by atoms with van der Waals surface area (Å²) < 4.78 is 12.0. The Balaban J connectivity index is 2.18. The fraction of sp³-hybridized carbons (Fsp3) is 0.750. The van der Waals surface area contributed by atoms with Gasteiger partial charge in [-0.1, -0.05) is 0 Å². The molecule has 1 aliphatic rings. The van der Waals surface area contributed by atoms with Crippen LogP contribution in [0.1, 0.15) is 0 Å². The number of rotatable bonds is 4. The lowest BCUT2D eigenvalue weighted by Crippen LogP contribution is -2.27. The highest BCUT2D eigenvalue weighted by atomic mass is 79.9. The van der Waals surface area contributed by atoms with Crippen LogP contribution < -0.4 is 0 Å². The standard InChI is InChI=1S/C8H14Br2O2Si/c1-13(2,3)11-5-7-6(12-7)4-8(9)10/h4,6-7H,5H2,1-3H3/t6-,7+/m0/s1. The molecular formula is C8H14Br2O2Si. The third-order valence-corrected chi connectivity index (χ3v) is 3.15. The minimum absolute atomic E-state index is 0.227. The van der Waals surface area contributed by atoms with Gasteiger partial charge in [-0.3, -0.25) is 0 Å². The predicted octanol–water partition coefficient (Wildman–Crippen LogP) is 3.24. The maximum absolute atomic E-state index is 5.72. The average Bonchev–Trinajstić information content (AvgIpc) is 2.60. The van der Waals surface area contributed by atoms with E-state index in [0.717, 1.165) is 10.00 Å². The monoisotopic (exact) mass is 328 g/mol. The minimum atomic E-state index is -1.37.